The SMILES string of the molecule is COc1cccc([N+](=O)[O-])c1COc1ccc(-c2nn(C)c(F)c2C)cc1C. The summed E-state index contributed by atoms with van der Waals surface area (Å²) in [5, 5.41) is 15.5. The highest BCUT2D eigenvalue weighted by atomic mass is 19.1. The fourth-order valence-electron chi connectivity index (χ4n) is 3.05. The van der Waals surface area contributed by atoms with Crippen LogP contribution in [0.3, 0.4) is 0 Å². The van der Waals surface area contributed by atoms with E-state index in [0.717, 1.165) is 11.1 Å². The van der Waals surface area contributed by atoms with Crippen molar-refractivity contribution >= 4 is 5.69 Å². The zero-order valence-corrected chi connectivity index (χ0v) is 16.0. The molecule has 0 bridgehead atoms. The first-order valence-corrected chi connectivity index (χ1v) is 8.56. The molecule has 3 aromatic rings. The van der Waals surface area contributed by atoms with E-state index in [9.17, 15) is 14.5 Å². The van der Waals surface area contributed by atoms with Gasteiger partial charge in [0.15, 0.2) is 0 Å². The van der Waals surface area contributed by atoms with Gasteiger partial charge in [0.2, 0.25) is 5.95 Å². The average molecular weight is 385 g/mol. The largest absolute Gasteiger partial charge is 0.496 e. The van der Waals surface area contributed by atoms with Gasteiger partial charge in [0.1, 0.15) is 23.7 Å². The van der Waals surface area contributed by atoms with E-state index >= 15 is 0 Å². The minimum atomic E-state index is -0.463. The van der Waals surface area contributed by atoms with E-state index in [0.29, 0.717) is 28.3 Å². The van der Waals surface area contributed by atoms with Gasteiger partial charge in [-0.05, 0) is 43.7 Å². The van der Waals surface area contributed by atoms with Crippen LogP contribution in [0.15, 0.2) is 36.4 Å². The minimum absolute atomic E-state index is 0.0161. The number of hydrogen-bond donors (Lipinski definition) is 0. The molecule has 28 heavy (non-hydrogen) atoms. The van der Waals surface area contributed by atoms with E-state index in [1.54, 1.807) is 38.2 Å². The number of nitrogens with zero attached hydrogens (tertiary/aromatic N) is 3. The Labute approximate surface area is 161 Å². The van der Waals surface area contributed by atoms with E-state index < -0.39 is 4.92 Å². The van der Waals surface area contributed by atoms with Crippen LogP contribution in [-0.4, -0.2) is 21.8 Å². The molecule has 0 radical (unpaired) electrons. The zero-order chi connectivity index (χ0) is 20.4. The van der Waals surface area contributed by atoms with Gasteiger partial charge in [-0.25, -0.2) is 4.68 Å². The van der Waals surface area contributed by atoms with Crippen LogP contribution in [0.2, 0.25) is 0 Å². The van der Waals surface area contributed by atoms with Crippen LogP contribution in [0.25, 0.3) is 11.3 Å². The first-order chi connectivity index (χ1) is 13.3. The van der Waals surface area contributed by atoms with Crippen molar-refractivity contribution in [3.63, 3.8) is 0 Å². The number of aryl methyl sites for hydroxylation is 2. The van der Waals surface area contributed by atoms with Crippen molar-refractivity contribution in [3.8, 4) is 22.8 Å². The van der Waals surface area contributed by atoms with Gasteiger partial charge in [-0.15, -0.1) is 0 Å². The highest BCUT2D eigenvalue weighted by Crippen LogP contribution is 2.32. The third-order valence-corrected chi connectivity index (χ3v) is 4.54. The van der Waals surface area contributed by atoms with Gasteiger partial charge in [0.25, 0.3) is 5.69 Å². The van der Waals surface area contributed by atoms with Crippen molar-refractivity contribution in [2.45, 2.75) is 20.5 Å². The lowest BCUT2D eigenvalue weighted by Gasteiger charge is -2.13. The summed E-state index contributed by atoms with van der Waals surface area (Å²) in [5.74, 6) is 0.581. The molecule has 1 aromatic heterocycles. The van der Waals surface area contributed by atoms with E-state index in [2.05, 4.69) is 5.10 Å². The number of aromatic nitrogens is 2. The summed E-state index contributed by atoms with van der Waals surface area (Å²) >= 11 is 0. The normalized spacial score (nSPS) is 10.8. The van der Waals surface area contributed by atoms with Gasteiger partial charge in [0, 0.05) is 24.2 Å². The maximum Gasteiger partial charge on any atom is 0.279 e. The van der Waals surface area contributed by atoms with Crippen molar-refractivity contribution in [2.75, 3.05) is 7.11 Å². The van der Waals surface area contributed by atoms with Crippen molar-refractivity contribution in [1.82, 2.24) is 9.78 Å². The van der Waals surface area contributed by atoms with Crippen LogP contribution in [0.1, 0.15) is 16.7 Å². The maximum atomic E-state index is 13.9. The van der Waals surface area contributed by atoms with E-state index in [1.807, 2.05) is 13.0 Å². The van der Waals surface area contributed by atoms with Crippen LogP contribution < -0.4 is 9.47 Å². The Morgan fingerprint density at radius 2 is 1.96 bits per heavy atom. The number of halogens is 1. The Kier molecular flexibility index (Phi) is 5.30. The Bertz CT molecular complexity index is 1050. The molecule has 0 aliphatic rings. The Balaban J connectivity index is 1.87. The first-order valence-electron chi connectivity index (χ1n) is 8.56. The Morgan fingerprint density at radius 3 is 2.54 bits per heavy atom. The number of methoxy groups -OCH3 is 1. The first kappa shape index (κ1) is 19.3. The predicted octanol–water partition coefficient (Wildman–Crippen LogP) is 4.34. The summed E-state index contributed by atoms with van der Waals surface area (Å²) in [6.45, 7) is 3.51. The molecule has 7 nitrogen and oxygen atoms in total. The number of nitro benzene ring substituents is 1. The van der Waals surface area contributed by atoms with Crippen LogP contribution in [0.4, 0.5) is 10.1 Å². The van der Waals surface area contributed by atoms with Gasteiger partial charge in [-0.3, -0.25) is 10.1 Å². The topological polar surface area (TPSA) is 79.4 Å². The number of nitro groups is 1. The molecule has 0 fully saturated rings. The Morgan fingerprint density at radius 1 is 1.21 bits per heavy atom. The smallest absolute Gasteiger partial charge is 0.279 e. The second-order valence-corrected chi connectivity index (χ2v) is 6.37. The lowest BCUT2D eigenvalue weighted by atomic mass is 10.1. The molecule has 0 spiro atoms. The fraction of sp³-hybridized carbons (Fsp3) is 0.250. The molecule has 1 heterocycles. The van der Waals surface area contributed by atoms with E-state index in [-0.39, 0.29) is 18.2 Å². The lowest BCUT2D eigenvalue weighted by molar-refractivity contribution is -0.385. The summed E-state index contributed by atoms with van der Waals surface area (Å²) in [6.07, 6.45) is 0. The van der Waals surface area contributed by atoms with Crippen LogP contribution in [0.5, 0.6) is 11.5 Å². The van der Waals surface area contributed by atoms with Gasteiger partial charge in [-0.2, -0.15) is 9.49 Å². The summed E-state index contributed by atoms with van der Waals surface area (Å²) < 4.78 is 26.2. The van der Waals surface area contributed by atoms with Gasteiger partial charge in [0.05, 0.1) is 17.7 Å². The quantitative estimate of drug-likeness (QED) is 0.466. The number of benzene rings is 2. The van der Waals surface area contributed by atoms with E-state index in [4.69, 9.17) is 9.47 Å². The van der Waals surface area contributed by atoms with Crippen molar-refractivity contribution in [2.24, 2.45) is 7.05 Å². The molecule has 0 aliphatic heterocycles. The molecular formula is C20H20FN3O4. The van der Waals surface area contributed by atoms with Crippen molar-refractivity contribution < 1.29 is 18.8 Å². The molecular weight excluding hydrogens is 365 g/mol. The third-order valence-electron chi connectivity index (χ3n) is 4.54. The molecule has 8 heteroatoms. The second-order valence-electron chi connectivity index (χ2n) is 6.37. The molecule has 2 aromatic carbocycles. The van der Waals surface area contributed by atoms with E-state index in [1.165, 1.54) is 17.9 Å². The third kappa shape index (κ3) is 3.53. The summed E-state index contributed by atoms with van der Waals surface area (Å²) in [7, 11) is 3.01. The number of rotatable bonds is 6. The molecule has 0 saturated heterocycles. The number of ether oxygens (including phenoxy) is 2. The second kappa shape index (κ2) is 7.67. The molecule has 3 rings (SSSR count). The van der Waals surface area contributed by atoms with Gasteiger partial charge < -0.3 is 9.47 Å². The predicted molar refractivity (Wildman–Crippen MR) is 102 cm³/mol. The highest BCUT2D eigenvalue weighted by Gasteiger charge is 2.19. The summed E-state index contributed by atoms with van der Waals surface area (Å²) in [5.41, 5.74) is 2.91. The molecule has 0 amide bonds. The van der Waals surface area contributed by atoms with Crippen molar-refractivity contribution in [1.29, 1.82) is 0 Å². The summed E-state index contributed by atoms with van der Waals surface area (Å²) in [6, 6.07) is 10.0. The van der Waals surface area contributed by atoms with Gasteiger partial charge >= 0.3 is 0 Å². The molecule has 146 valence electrons. The molecule has 0 N–H and O–H groups in total. The van der Waals surface area contributed by atoms with Crippen molar-refractivity contribution in [3.05, 3.63) is 69.2 Å². The van der Waals surface area contributed by atoms with Crippen LogP contribution in [-0.2, 0) is 13.7 Å². The Hall–Kier alpha value is -3.42. The highest BCUT2D eigenvalue weighted by molar-refractivity contribution is 5.65. The zero-order valence-electron chi connectivity index (χ0n) is 16.0. The number of hydrogen-bond acceptors (Lipinski definition) is 5. The molecule has 0 aliphatic carbocycles. The minimum Gasteiger partial charge on any atom is -0.496 e. The molecule has 0 saturated carbocycles. The maximum absolute atomic E-state index is 13.9. The molecule has 0 atom stereocenters. The average Bonchev–Trinajstić information content (AvgIpc) is 2.94. The fourth-order valence-corrected chi connectivity index (χ4v) is 3.05. The lowest BCUT2D eigenvalue weighted by Crippen LogP contribution is -2.04. The molecule has 0 unspecified atom stereocenters. The van der Waals surface area contributed by atoms with Gasteiger partial charge in [-0.1, -0.05) is 6.07 Å². The van der Waals surface area contributed by atoms with Crippen LogP contribution in [0, 0.1) is 29.9 Å². The van der Waals surface area contributed by atoms with Crippen LogP contribution >= 0.6 is 0 Å². The monoisotopic (exact) mass is 385 g/mol. The summed E-state index contributed by atoms with van der Waals surface area (Å²) in [4.78, 5) is 10.8. The standard InChI is InChI=1S/C20H20FN3O4/c1-12-10-14(19-13(2)20(21)23(3)22-19)8-9-17(12)28-11-15-16(24(25)26)6-5-7-18(15)27-4/h5-10H,11H2,1-4H3.